The Labute approximate surface area is 278 Å². The summed E-state index contributed by atoms with van der Waals surface area (Å²) in [5, 5.41) is 7.34. The smallest absolute Gasteiger partial charge is 0.407 e. The minimum Gasteiger partial charge on any atom is -0.471 e. The Balaban J connectivity index is 2.11. The van der Waals surface area contributed by atoms with Crippen LogP contribution in [0.25, 0.3) is 11.1 Å². The van der Waals surface area contributed by atoms with Gasteiger partial charge in [0.25, 0.3) is 0 Å². The van der Waals surface area contributed by atoms with E-state index in [2.05, 4.69) is 24.3 Å². The van der Waals surface area contributed by atoms with Crippen molar-refractivity contribution in [1.29, 1.82) is 0 Å². The van der Waals surface area contributed by atoms with Crippen molar-refractivity contribution in [2.24, 2.45) is 5.92 Å². The van der Waals surface area contributed by atoms with Crippen molar-refractivity contribution in [2.45, 2.75) is 113 Å². The first-order chi connectivity index (χ1) is 21.9. The number of aryl methyl sites for hydroxylation is 2. The van der Waals surface area contributed by atoms with Crippen molar-refractivity contribution in [3.8, 4) is 17.0 Å². The molecule has 0 saturated heterocycles. The maximum absolute atomic E-state index is 12.9. The van der Waals surface area contributed by atoms with E-state index in [9.17, 15) is 14.4 Å². The lowest BCUT2D eigenvalue weighted by molar-refractivity contribution is -0.155. The average Bonchev–Trinajstić information content (AvgIpc) is 3.32. The molecule has 0 aliphatic rings. The summed E-state index contributed by atoms with van der Waals surface area (Å²) in [5.41, 5.74) is 4.86. The topological polar surface area (TPSA) is 131 Å². The summed E-state index contributed by atoms with van der Waals surface area (Å²) in [6.07, 6.45) is 1.58. The summed E-state index contributed by atoms with van der Waals surface area (Å²) < 4.78 is 23.8. The number of nitrogens with zero attached hydrogens (tertiary/aromatic N) is 3. The van der Waals surface area contributed by atoms with Crippen LogP contribution in [0.2, 0.25) is 0 Å². The first-order valence-electron chi connectivity index (χ1n) is 16.0. The summed E-state index contributed by atoms with van der Waals surface area (Å²) in [4.78, 5) is 43.2. The molecular formula is C36H50N4O7. The summed E-state index contributed by atoms with van der Waals surface area (Å²) in [7, 11) is 0. The highest BCUT2D eigenvalue weighted by atomic mass is 16.6. The lowest BCUT2D eigenvalue weighted by Crippen LogP contribution is -2.32. The normalized spacial score (nSPS) is 11.7. The molecule has 47 heavy (non-hydrogen) atoms. The number of hydrogen-bond acceptors (Lipinski definition) is 9. The second-order valence-corrected chi connectivity index (χ2v) is 13.9. The molecule has 0 bridgehead atoms. The van der Waals surface area contributed by atoms with Crippen LogP contribution in [0.1, 0.15) is 101 Å². The molecule has 0 fully saturated rings. The quantitative estimate of drug-likeness (QED) is 0.165. The van der Waals surface area contributed by atoms with E-state index in [4.69, 9.17) is 23.9 Å². The van der Waals surface area contributed by atoms with Gasteiger partial charge in [0, 0.05) is 35.3 Å². The summed E-state index contributed by atoms with van der Waals surface area (Å²) in [5.74, 6) is -0.815. The van der Waals surface area contributed by atoms with Gasteiger partial charge in [-0.1, -0.05) is 43.7 Å². The van der Waals surface area contributed by atoms with Gasteiger partial charge in [0.1, 0.15) is 29.9 Å². The highest BCUT2D eigenvalue weighted by Gasteiger charge is 2.26. The third-order valence-electron chi connectivity index (χ3n) is 6.73. The number of esters is 2. The van der Waals surface area contributed by atoms with E-state index in [0.29, 0.717) is 12.3 Å². The van der Waals surface area contributed by atoms with Gasteiger partial charge in [-0.2, -0.15) is 0 Å². The Bertz CT molecular complexity index is 1560. The third kappa shape index (κ3) is 11.1. The molecule has 0 saturated carbocycles. The van der Waals surface area contributed by atoms with E-state index in [1.54, 1.807) is 27.7 Å². The van der Waals surface area contributed by atoms with Crippen LogP contribution in [0.5, 0.6) is 5.88 Å². The van der Waals surface area contributed by atoms with E-state index in [1.807, 2.05) is 58.9 Å². The van der Waals surface area contributed by atoms with Gasteiger partial charge in [-0.05, 0) is 85.8 Å². The van der Waals surface area contributed by atoms with Crippen LogP contribution in [0, 0.1) is 19.8 Å². The molecular weight excluding hydrogens is 600 g/mol. The fourth-order valence-electron chi connectivity index (χ4n) is 4.90. The number of alkyl carbamates (subject to hydrolysis) is 1. The number of carbonyl (C=O) groups is 3. The standard InChI is InChI=1S/C36H50N4O7/c1-12-44-33(42)27-19-40(20-30(41)46-35(6,7)8)39-32(27)45-21-28-24(5)38-29(17-22(2)3)26(18-37-34(43)47-36(9,10)11)31(28)25-15-13-23(4)14-16-25/h13-16,19,22H,12,17-18,20-21H2,1-11H3,(H,37,43). The fourth-order valence-corrected chi connectivity index (χ4v) is 4.90. The van der Waals surface area contributed by atoms with Gasteiger partial charge < -0.3 is 24.3 Å². The summed E-state index contributed by atoms with van der Waals surface area (Å²) >= 11 is 0. The van der Waals surface area contributed by atoms with Crippen molar-refractivity contribution in [3.63, 3.8) is 0 Å². The zero-order valence-electron chi connectivity index (χ0n) is 29.7. The molecule has 2 aromatic heterocycles. The Morgan fingerprint density at radius 3 is 2.15 bits per heavy atom. The van der Waals surface area contributed by atoms with E-state index in [-0.39, 0.29) is 37.7 Å². The minimum absolute atomic E-state index is 0.000699. The van der Waals surface area contributed by atoms with Crippen LogP contribution in [0.4, 0.5) is 4.79 Å². The molecule has 3 aromatic rings. The SMILES string of the molecule is CCOC(=O)c1cn(CC(=O)OC(C)(C)C)nc1OCc1c(C)nc(CC(C)C)c(CNC(=O)OC(C)(C)C)c1-c1ccc(C)cc1. The fraction of sp³-hybridized carbons (Fsp3) is 0.528. The molecule has 1 aromatic carbocycles. The average molecular weight is 651 g/mol. The van der Waals surface area contributed by atoms with Crippen LogP contribution < -0.4 is 10.1 Å². The maximum atomic E-state index is 12.9. The molecule has 0 spiro atoms. The van der Waals surface area contributed by atoms with Crippen molar-refractivity contribution >= 4 is 18.0 Å². The van der Waals surface area contributed by atoms with E-state index in [0.717, 1.165) is 39.2 Å². The highest BCUT2D eigenvalue weighted by molar-refractivity contribution is 5.91. The van der Waals surface area contributed by atoms with E-state index < -0.39 is 29.2 Å². The second kappa shape index (κ2) is 15.5. The number of ether oxygens (including phenoxy) is 4. The second-order valence-electron chi connectivity index (χ2n) is 13.9. The van der Waals surface area contributed by atoms with Gasteiger partial charge >= 0.3 is 18.0 Å². The minimum atomic E-state index is -0.678. The van der Waals surface area contributed by atoms with Crippen LogP contribution in [0.15, 0.2) is 30.5 Å². The molecule has 256 valence electrons. The molecule has 0 radical (unpaired) electrons. The third-order valence-corrected chi connectivity index (χ3v) is 6.73. The molecule has 3 rings (SSSR count). The molecule has 1 N–H and O–H groups in total. The molecule has 1 amide bonds. The Hall–Kier alpha value is -4.41. The lowest BCUT2D eigenvalue weighted by atomic mass is 9.90. The number of benzene rings is 1. The van der Waals surface area contributed by atoms with Crippen LogP contribution in [-0.2, 0) is 45.1 Å². The molecule has 0 unspecified atom stereocenters. The molecule has 2 heterocycles. The molecule has 0 aliphatic heterocycles. The van der Waals surface area contributed by atoms with Gasteiger partial charge in [0.15, 0.2) is 0 Å². The molecule has 0 aliphatic carbocycles. The van der Waals surface area contributed by atoms with Gasteiger partial charge in [-0.15, -0.1) is 5.10 Å². The van der Waals surface area contributed by atoms with E-state index >= 15 is 0 Å². The number of pyridine rings is 1. The number of nitrogens with one attached hydrogen (secondary N) is 1. The zero-order chi connectivity index (χ0) is 35.1. The van der Waals surface area contributed by atoms with Gasteiger partial charge in [-0.25, -0.2) is 9.59 Å². The number of amides is 1. The van der Waals surface area contributed by atoms with Crippen molar-refractivity contribution in [2.75, 3.05) is 6.61 Å². The Morgan fingerprint density at radius 2 is 1.57 bits per heavy atom. The van der Waals surface area contributed by atoms with Crippen molar-refractivity contribution in [3.05, 3.63) is 64.1 Å². The van der Waals surface area contributed by atoms with Gasteiger partial charge in [-0.3, -0.25) is 14.5 Å². The lowest BCUT2D eigenvalue weighted by Gasteiger charge is -2.23. The number of rotatable bonds is 12. The monoisotopic (exact) mass is 650 g/mol. The molecule has 0 atom stereocenters. The highest BCUT2D eigenvalue weighted by Crippen LogP contribution is 2.34. The maximum Gasteiger partial charge on any atom is 0.407 e. The Morgan fingerprint density at radius 1 is 0.936 bits per heavy atom. The Kier molecular flexibility index (Phi) is 12.2. The molecule has 11 heteroatoms. The van der Waals surface area contributed by atoms with E-state index in [1.165, 1.54) is 10.9 Å². The van der Waals surface area contributed by atoms with Crippen LogP contribution in [-0.4, -0.2) is 50.6 Å². The van der Waals surface area contributed by atoms with Crippen LogP contribution >= 0.6 is 0 Å². The number of carbonyl (C=O) groups excluding carboxylic acids is 3. The van der Waals surface area contributed by atoms with Crippen LogP contribution in [0.3, 0.4) is 0 Å². The van der Waals surface area contributed by atoms with Gasteiger partial charge in [0.05, 0.1) is 6.61 Å². The predicted molar refractivity (Wildman–Crippen MR) is 179 cm³/mol. The predicted octanol–water partition coefficient (Wildman–Crippen LogP) is 6.88. The number of hydrogen-bond donors (Lipinski definition) is 1. The first-order valence-corrected chi connectivity index (χ1v) is 16.0. The zero-order valence-corrected chi connectivity index (χ0v) is 29.7. The molecule has 11 nitrogen and oxygen atoms in total. The summed E-state index contributed by atoms with van der Waals surface area (Å²) in [6.45, 7) is 20.8. The van der Waals surface area contributed by atoms with Crippen molar-refractivity contribution in [1.82, 2.24) is 20.1 Å². The van der Waals surface area contributed by atoms with Crippen molar-refractivity contribution < 1.29 is 33.3 Å². The summed E-state index contributed by atoms with van der Waals surface area (Å²) in [6, 6.07) is 8.12. The largest absolute Gasteiger partial charge is 0.471 e. The number of aromatic nitrogens is 3. The van der Waals surface area contributed by atoms with Gasteiger partial charge in [0.2, 0.25) is 5.88 Å². The first kappa shape index (κ1) is 37.1.